The highest BCUT2D eigenvalue weighted by atomic mass is 32.2. The van der Waals surface area contributed by atoms with Gasteiger partial charge in [-0.3, -0.25) is 9.59 Å². The molecule has 3 heterocycles. The molecule has 0 bridgehead atoms. The predicted molar refractivity (Wildman–Crippen MR) is 125 cm³/mol. The zero-order valence-corrected chi connectivity index (χ0v) is 19.9. The first-order chi connectivity index (χ1) is 15.2. The lowest BCUT2D eigenvalue weighted by Crippen LogP contribution is -2.44. The number of amides is 1. The van der Waals surface area contributed by atoms with Crippen molar-refractivity contribution < 1.29 is 17.6 Å². The third-order valence-corrected chi connectivity index (χ3v) is 9.08. The number of H-pyrrole nitrogens is 1. The number of benzene rings is 1. The summed E-state index contributed by atoms with van der Waals surface area (Å²) in [6, 6.07) is 5.59. The van der Waals surface area contributed by atoms with Gasteiger partial charge >= 0.3 is 0 Å². The Morgan fingerprint density at radius 3 is 2.72 bits per heavy atom. The number of nitrogens with zero attached hydrogens (tertiary/aromatic N) is 2. The first-order valence-electron chi connectivity index (χ1n) is 10.1. The second-order valence-electron chi connectivity index (χ2n) is 7.65. The Labute approximate surface area is 193 Å². The Morgan fingerprint density at radius 2 is 2.09 bits per heavy atom. The topological polar surface area (TPSA) is 100 Å². The Hall–Kier alpha value is -2.24. The number of thiophene rings is 1. The lowest BCUT2D eigenvalue weighted by molar-refractivity contribution is -0.131. The van der Waals surface area contributed by atoms with Gasteiger partial charge in [0.15, 0.2) is 15.0 Å². The SMILES string of the molecule is CCN(C(=O)C(C)Sc1nc2scc(-c3ccc(F)cc3)c2c(=O)[nH]1)C1CCS(=O)(=O)C1. The quantitative estimate of drug-likeness (QED) is 0.416. The molecule has 2 unspecified atom stereocenters. The zero-order chi connectivity index (χ0) is 23.0. The van der Waals surface area contributed by atoms with Gasteiger partial charge in [-0.1, -0.05) is 23.9 Å². The third-order valence-electron chi connectivity index (χ3n) is 5.49. The molecule has 3 aromatic rings. The van der Waals surface area contributed by atoms with Gasteiger partial charge < -0.3 is 9.88 Å². The molecule has 1 fully saturated rings. The van der Waals surface area contributed by atoms with Crippen molar-refractivity contribution in [1.82, 2.24) is 14.9 Å². The van der Waals surface area contributed by atoms with Crippen molar-refractivity contribution in [2.24, 2.45) is 0 Å². The van der Waals surface area contributed by atoms with Crippen LogP contribution in [0, 0.1) is 5.82 Å². The van der Waals surface area contributed by atoms with Crippen LogP contribution in [0.3, 0.4) is 0 Å². The van der Waals surface area contributed by atoms with Crippen LogP contribution in [0.4, 0.5) is 4.39 Å². The van der Waals surface area contributed by atoms with Crippen molar-refractivity contribution in [3.63, 3.8) is 0 Å². The van der Waals surface area contributed by atoms with E-state index in [0.29, 0.717) is 33.9 Å². The van der Waals surface area contributed by atoms with E-state index in [1.54, 1.807) is 24.0 Å². The summed E-state index contributed by atoms with van der Waals surface area (Å²) in [7, 11) is -3.10. The smallest absolute Gasteiger partial charge is 0.260 e. The highest BCUT2D eigenvalue weighted by Gasteiger charge is 2.35. The van der Waals surface area contributed by atoms with E-state index in [1.807, 2.05) is 12.3 Å². The average molecular weight is 496 g/mol. The second-order valence-corrected chi connectivity index (χ2v) is 12.1. The molecule has 0 radical (unpaired) electrons. The highest BCUT2D eigenvalue weighted by Crippen LogP contribution is 2.32. The van der Waals surface area contributed by atoms with E-state index < -0.39 is 15.1 Å². The molecule has 32 heavy (non-hydrogen) atoms. The summed E-state index contributed by atoms with van der Waals surface area (Å²) in [5.74, 6) is -0.440. The van der Waals surface area contributed by atoms with Crippen molar-refractivity contribution in [2.75, 3.05) is 18.1 Å². The molecule has 2 atom stereocenters. The predicted octanol–water partition coefficient (Wildman–Crippen LogP) is 3.31. The van der Waals surface area contributed by atoms with E-state index in [0.717, 1.165) is 17.3 Å². The summed E-state index contributed by atoms with van der Waals surface area (Å²) in [6.07, 6.45) is 0.446. The first kappa shape index (κ1) is 22.9. The number of nitrogens with one attached hydrogen (secondary N) is 1. The van der Waals surface area contributed by atoms with Gasteiger partial charge in [0.05, 0.1) is 22.1 Å². The molecule has 1 aromatic carbocycles. The second kappa shape index (κ2) is 8.95. The van der Waals surface area contributed by atoms with Crippen molar-refractivity contribution in [2.45, 2.75) is 36.7 Å². The van der Waals surface area contributed by atoms with Gasteiger partial charge in [-0.15, -0.1) is 11.3 Å². The van der Waals surface area contributed by atoms with Crippen molar-refractivity contribution in [1.29, 1.82) is 0 Å². The number of sulfone groups is 1. The van der Waals surface area contributed by atoms with Crippen LogP contribution in [0.2, 0.25) is 0 Å². The third kappa shape index (κ3) is 4.60. The molecule has 1 aliphatic rings. The number of carbonyl (C=O) groups is 1. The maximum atomic E-state index is 13.2. The van der Waals surface area contributed by atoms with Crippen LogP contribution in [-0.4, -0.2) is 58.5 Å². The van der Waals surface area contributed by atoms with Crippen LogP contribution in [0.15, 0.2) is 39.6 Å². The first-order valence-corrected chi connectivity index (χ1v) is 13.7. The molecule has 170 valence electrons. The highest BCUT2D eigenvalue weighted by molar-refractivity contribution is 8.00. The largest absolute Gasteiger partial charge is 0.338 e. The standard InChI is InChI=1S/C21H22FN3O4S3/c1-3-25(15-8-9-32(28,29)11-15)20(27)12(2)31-21-23-18(26)17-16(10-30-19(17)24-21)13-4-6-14(22)7-5-13/h4-7,10,12,15H,3,8-9,11H2,1-2H3,(H,23,24,26). The molecule has 11 heteroatoms. The Bertz CT molecular complexity index is 1320. The average Bonchev–Trinajstić information content (AvgIpc) is 3.32. The molecular weight excluding hydrogens is 473 g/mol. The normalized spacial score (nSPS) is 18.7. The van der Waals surface area contributed by atoms with E-state index in [2.05, 4.69) is 9.97 Å². The van der Waals surface area contributed by atoms with Gasteiger partial charge in [-0.25, -0.2) is 17.8 Å². The molecular formula is C21H22FN3O4S3. The van der Waals surface area contributed by atoms with Crippen molar-refractivity contribution in [3.8, 4) is 11.1 Å². The molecule has 0 spiro atoms. The van der Waals surface area contributed by atoms with E-state index >= 15 is 0 Å². The number of thioether (sulfide) groups is 1. The summed E-state index contributed by atoms with van der Waals surface area (Å²) in [5.41, 5.74) is 1.07. The minimum Gasteiger partial charge on any atom is -0.338 e. The van der Waals surface area contributed by atoms with Crippen LogP contribution in [0.25, 0.3) is 21.3 Å². The number of hydrogen-bond donors (Lipinski definition) is 1. The number of fused-ring (bicyclic) bond motifs is 1. The van der Waals surface area contributed by atoms with E-state index in [-0.39, 0.29) is 34.8 Å². The fourth-order valence-corrected chi connectivity index (χ4v) is 7.50. The molecule has 7 nitrogen and oxygen atoms in total. The summed E-state index contributed by atoms with van der Waals surface area (Å²) in [4.78, 5) is 35.2. The maximum absolute atomic E-state index is 13.2. The summed E-state index contributed by atoms with van der Waals surface area (Å²) in [6.45, 7) is 3.97. The van der Waals surface area contributed by atoms with Gasteiger partial charge in [0.2, 0.25) is 5.91 Å². The van der Waals surface area contributed by atoms with E-state index in [4.69, 9.17) is 0 Å². The molecule has 1 aliphatic heterocycles. The molecule has 1 amide bonds. The number of aromatic nitrogens is 2. The van der Waals surface area contributed by atoms with Crippen molar-refractivity contribution >= 4 is 49.1 Å². The number of carbonyl (C=O) groups excluding carboxylic acids is 1. The van der Waals surface area contributed by atoms with E-state index in [9.17, 15) is 22.4 Å². The van der Waals surface area contributed by atoms with Crippen LogP contribution in [0.1, 0.15) is 20.3 Å². The molecule has 2 aromatic heterocycles. The number of halogens is 1. The van der Waals surface area contributed by atoms with Gasteiger partial charge in [0.25, 0.3) is 5.56 Å². The number of aromatic amines is 1. The van der Waals surface area contributed by atoms with Crippen LogP contribution >= 0.6 is 23.1 Å². The van der Waals surface area contributed by atoms with Gasteiger partial charge in [-0.2, -0.15) is 0 Å². The van der Waals surface area contributed by atoms with Gasteiger partial charge in [-0.05, 0) is 38.0 Å². The van der Waals surface area contributed by atoms with Gasteiger partial charge in [0, 0.05) is 23.5 Å². The maximum Gasteiger partial charge on any atom is 0.260 e. The van der Waals surface area contributed by atoms with E-state index in [1.165, 1.54) is 23.5 Å². The number of hydrogen-bond acceptors (Lipinski definition) is 7. The Balaban J connectivity index is 1.56. The monoisotopic (exact) mass is 495 g/mol. The molecule has 1 N–H and O–H groups in total. The molecule has 0 aliphatic carbocycles. The minimum atomic E-state index is -3.10. The van der Waals surface area contributed by atoms with Crippen LogP contribution in [0.5, 0.6) is 0 Å². The van der Waals surface area contributed by atoms with Crippen LogP contribution in [-0.2, 0) is 14.6 Å². The minimum absolute atomic E-state index is 0.00757. The molecule has 0 saturated carbocycles. The summed E-state index contributed by atoms with van der Waals surface area (Å²) >= 11 is 2.45. The lowest BCUT2D eigenvalue weighted by atomic mass is 10.1. The summed E-state index contributed by atoms with van der Waals surface area (Å²) < 4.78 is 36.9. The zero-order valence-electron chi connectivity index (χ0n) is 17.5. The fourth-order valence-electron chi connectivity index (χ4n) is 3.89. The van der Waals surface area contributed by atoms with Crippen molar-refractivity contribution in [3.05, 3.63) is 45.8 Å². The molecule has 4 rings (SSSR count). The Kier molecular flexibility index (Phi) is 6.42. The van der Waals surface area contributed by atoms with Crippen LogP contribution < -0.4 is 5.56 Å². The fraction of sp³-hybridized carbons (Fsp3) is 0.381. The number of rotatable bonds is 6. The Morgan fingerprint density at radius 1 is 1.38 bits per heavy atom. The lowest BCUT2D eigenvalue weighted by Gasteiger charge is -2.29. The summed E-state index contributed by atoms with van der Waals surface area (Å²) in [5, 5.41) is 2.01. The molecule has 1 saturated heterocycles. The van der Waals surface area contributed by atoms with Gasteiger partial charge in [0.1, 0.15) is 10.6 Å².